The first-order valence-electron chi connectivity index (χ1n) is 5.76. The zero-order chi connectivity index (χ0) is 17.6. The second kappa shape index (κ2) is 6.07. The normalized spacial score (nSPS) is 12.6. The molecule has 123 valence electrons. The predicted molar refractivity (Wildman–Crippen MR) is 75.7 cm³/mol. The molecular formula is C14H4Cl3F6. The van der Waals surface area contributed by atoms with Crippen LogP contribution in [0.25, 0.3) is 11.1 Å². The molecule has 2 rings (SSSR count). The third kappa shape index (κ3) is 3.87. The molecule has 0 spiro atoms. The Morgan fingerprint density at radius 1 is 0.783 bits per heavy atom. The number of hydrogen-bond donors (Lipinski definition) is 0. The highest BCUT2D eigenvalue weighted by molar-refractivity contribution is 6.48. The van der Waals surface area contributed by atoms with Crippen molar-refractivity contribution >= 4 is 34.8 Å². The third-order valence-corrected chi connectivity index (χ3v) is 4.04. The molecule has 0 unspecified atom stereocenters. The van der Waals surface area contributed by atoms with E-state index in [2.05, 4.69) is 0 Å². The van der Waals surface area contributed by atoms with E-state index >= 15 is 0 Å². The van der Waals surface area contributed by atoms with Crippen LogP contribution in [0.3, 0.4) is 0 Å². The third-order valence-electron chi connectivity index (χ3n) is 2.85. The molecule has 23 heavy (non-hydrogen) atoms. The minimum atomic E-state index is -5.02. The lowest BCUT2D eigenvalue weighted by Gasteiger charge is -2.16. The number of hydrogen-bond acceptors (Lipinski definition) is 0. The smallest absolute Gasteiger partial charge is 0.166 e. The first-order chi connectivity index (χ1) is 10.4. The van der Waals surface area contributed by atoms with Gasteiger partial charge in [0.15, 0.2) is 0 Å². The minimum absolute atomic E-state index is 0.0161. The van der Waals surface area contributed by atoms with Gasteiger partial charge in [0.05, 0.1) is 26.2 Å². The molecule has 0 N–H and O–H groups in total. The second-order valence-corrected chi connectivity index (χ2v) is 5.62. The van der Waals surface area contributed by atoms with Crippen molar-refractivity contribution in [1.29, 1.82) is 0 Å². The first-order valence-corrected chi connectivity index (χ1v) is 6.89. The van der Waals surface area contributed by atoms with Crippen LogP contribution in [0.4, 0.5) is 26.3 Å². The maximum atomic E-state index is 13.1. The van der Waals surface area contributed by atoms with Crippen molar-refractivity contribution < 1.29 is 26.3 Å². The van der Waals surface area contributed by atoms with Gasteiger partial charge in [-0.05, 0) is 35.9 Å². The molecule has 0 aliphatic heterocycles. The lowest BCUT2D eigenvalue weighted by atomic mass is 9.97. The van der Waals surface area contributed by atoms with Crippen LogP contribution in [-0.2, 0) is 12.4 Å². The highest BCUT2D eigenvalue weighted by Gasteiger charge is 2.38. The SMILES string of the molecule is FC(F)(F)c1c[c]c(-c2cc(Cl)c(Cl)c(Cl)c2)c(C(F)(F)F)c1. The summed E-state index contributed by atoms with van der Waals surface area (Å²) in [4.78, 5) is 0. The van der Waals surface area contributed by atoms with Crippen LogP contribution >= 0.6 is 34.8 Å². The number of benzene rings is 2. The van der Waals surface area contributed by atoms with Crippen LogP contribution in [0.2, 0.25) is 15.1 Å². The fourth-order valence-electron chi connectivity index (χ4n) is 1.82. The summed E-state index contributed by atoms with van der Waals surface area (Å²) in [5, 5.41) is -0.330. The molecule has 9 heteroatoms. The summed E-state index contributed by atoms with van der Waals surface area (Å²) >= 11 is 17.2. The van der Waals surface area contributed by atoms with E-state index < -0.39 is 29.0 Å². The van der Waals surface area contributed by atoms with Crippen LogP contribution in [0, 0.1) is 6.07 Å². The van der Waals surface area contributed by atoms with E-state index in [1.54, 1.807) is 0 Å². The molecule has 0 saturated heterocycles. The summed E-state index contributed by atoms with van der Waals surface area (Å²) in [6.07, 6.45) is -9.95. The molecule has 0 bridgehead atoms. The second-order valence-electron chi connectivity index (χ2n) is 4.43. The Morgan fingerprint density at radius 3 is 1.74 bits per heavy atom. The Labute approximate surface area is 141 Å². The number of halogens is 9. The molecule has 2 aromatic carbocycles. The van der Waals surface area contributed by atoms with Gasteiger partial charge >= 0.3 is 12.4 Å². The van der Waals surface area contributed by atoms with Gasteiger partial charge in [-0.25, -0.2) is 0 Å². The Hall–Kier alpha value is -1.11. The van der Waals surface area contributed by atoms with Crippen molar-refractivity contribution in [2.75, 3.05) is 0 Å². The predicted octanol–water partition coefficient (Wildman–Crippen LogP) is 7.15. The molecule has 0 amide bonds. The maximum absolute atomic E-state index is 13.1. The van der Waals surface area contributed by atoms with Crippen molar-refractivity contribution in [2.45, 2.75) is 12.4 Å². The summed E-state index contributed by atoms with van der Waals surface area (Å²) < 4.78 is 77.2. The monoisotopic (exact) mass is 391 g/mol. The lowest BCUT2D eigenvalue weighted by molar-refractivity contribution is -0.142. The Kier molecular flexibility index (Phi) is 4.81. The van der Waals surface area contributed by atoms with Gasteiger partial charge in [0, 0.05) is 5.56 Å². The van der Waals surface area contributed by atoms with Gasteiger partial charge in [-0.2, -0.15) is 26.3 Å². The van der Waals surface area contributed by atoms with Gasteiger partial charge in [0.25, 0.3) is 0 Å². The van der Waals surface area contributed by atoms with Crippen LogP contribution in [0.15, 0.2) is 24.3 Å². The average molecular weight is 393 g/mol. The molecule has 0 aliphatic carbocycles. The minimum Gasteiger partial charge on any atom is -0.166 e. The fraction of sp³-hybridized carbons (Fsp3) is 0.143. The summed E-state index contributed by atoms with van der Waals surface area (Å²) in [6.45, 7) is 0. The van der Waals surface area contributed by atoms with E-state index in [0.29, 0.717) is 6.07 Å². The van der Waals surface area contributed by atoms with E-state index in [-0.39, 0.29) is 26.7 Å². The van der Waals surface area contributed by atoms with Gasteiger partial charge in [-0.3, -0.25) is 0 Å². The van der Waals surface area contributed by atoms with Crippen molar-refractivity contribution in [3.05, 3.63) is 56.5 Å². The van der Waals surface area contributed by atoms with E-state index in [0.717, 1.165) is 12.1 Å². The summed E-state index contributed by atoms with van der Waals surface area (Å²) in [5.74, 6) is 0. The molecule has 0 nitrogen and oxygen atoms in total. The van der Waals surface area contributed by atoms with Crippen LogP contribution in [0.5, 0.6) is 0 Å². The highest BCUT2D eigenvalue weighted by Crippen LogP contribution is 2.42. The van der Waals surface area contributed by atoms with E-state index in [1.807, 2.05) is 6.07 Å². The van der Waals surface area contributed by atoms with E-state index in [4.69, 9.17) is 34.8 Å². The topological polar surface area (TPSA) is 0 Å². The zero-order valence-corrected chi connectivity index (χ0v) is 13.0. The van der Waals surface area contributed by atoms with Crippen molar-refractivity contribution in [3.8, 4) is 11.1 Å². The molecule has 0 aliphatic rings. The van der Waals surface area contributed by atoms with Gasteiger partial charge in [-0.15, -0.1) is 0 Å². The molecule has 1 radical (unpaired) electrons. The number of alkyl halides is 6. The van der Waals surface area contributed by atoms with Crippen LogP contribution in [0.1, 0.15) is 11.1 Å². The quantitative estimate of drug-likeness (QED) is 0.357. The molecule has 0 saturated carbocycles. The Balaban J connectivity index is 2.72. The molecule has 2 aromatic rings. The summed E-state index contributed by atoms with van der Waals surface area (Å²) in [5.41, 5.74) is -3.71. The van der Waals surface area contributed by atoms with E-state index in [1.165, 1.54) is 0 Å². The summed E-state index contributed by atoms with van der Waals surface area (Å²) in [7, 11) is 0. The lowest BCUT2D eigenvalue weighted by Crippen LogP contribution is -2.12. The van der Waals surface area contributed by atoms with Gasteiger partial charge in [0.1, 0.15) is 0 Å². The largest absolute Gasteiger partial charge is 0.417 e. The van der Waals surface area contributed by atoms with Crippen LogP contribution in [-0.4, -0.2) is 0 Å². The highest BCUT2D eigenvalue weighted by atomic mass is 35.5. The van der Waals surface area contributed by atoms with Crippen molar-refractivity contribution in [3.63, 3.8) is 0 Å². The fourth-order valence-corrected chi connectivity index (χ4v) is 2.42. The van der Waals surface area contributed by atoms with Crippen molar-refractivity contribution in [1.82, 2.24) is 0 Å². The van der Waals surface area contributed by atoms with E-state index in [9.17, 15) is 26.3 Å². The molecule has 0 atom stereocenters. The molecule has 0 aromatic heterocycles. The standard InChI is InChI=1S/C14H4Cl3F6/c15-10-3-6(4-11(16)12(10)17)8-2-1-7(13(18,19)20)5-9(8)14(21,22)23/h1,3-5H. The van der Waals surface area contributed by atoms with Gasteiger partial charge < -0.3 is 0 Å². The summed E-state index contributed by atoms with van der Waals surface area (Å²) in [6, 6.07) is 4.60. The number of rotatable bonds is 1. The van der Waals surface area contributed by atoms with Gasteiger partial charge in [0.2, 0.25) is 0 Å². The molecular weight excluding hydrogens is 389 g/mol. The Bertz CT molecular complexity index is 726. The molecule has 0 heterocycles. The van der Waals surface area contributed by atoms with Crippen LogP contribution < -0.4 is 0 Å². The zero-order valence-electron chi connectivity index (χ0n) is 10.7. The first kappa shape index (κ1) is 18.2. The average Bonchev–Trinajstić information content (AvgIpc) is 2.41. The van der Waals surface area contributed by atoms with Crippen molar-refractivity contribution in [2.24, 2.45) is 0 Å². The maximum Gasteiger partial charge on any atom is 0.417 e. The Morgan fingerprint density at radius 2 is 1.30 bits per heavy atom. The molecule has 0 fully saturated rings. The van der Waals surface area contributed by atoms with Gasteiger partial charge in [-0.1, -0.05) is 34.8 Å².